The van der Waals surface area contributed by atoms with Gasteiger partial charge in [-0.25, -0.2) is 4.79 Å². The SMILES string of the molecule is O=C(Nc1ccccc1)N1CC=CCC1. The predicted octanol–water partition coefficient (Wildman–Crippen LogP) is 2.48. The standard InChI is InChI=1S/C12H14N2O/c15-12(14-9-5-2-6-10-14)13-11-7-3-1-4-8-11/h1-5,7-8H,6,9-10H2,(H,13,15). The zero-order valence-corrected chi connectivity index (χ0v) is 8.52. The van der Waals surface area contributed by atoms with Crippen LogP contribution in [0, 0.1) is 0 Å². The van der Waals surface area contributed by atoms with Crippen molar-refractivity contribution in [1.29, 1.82) is 0 Å². The van der Waals surface area contributed by atoms with Crippen molar-refractivity contribution in [2.45, 2.75) is 6.42 Å². The largest absolute Gasteiger partial charge is 0.322 e. The van der Waals surface area contributed by atoms with Gasteiger partial charge in [0.05, 0.1) is 0 Å². The van der Waals surface area contributed by atoms with E-state index in [9.17, 15) is 4.79 Å². The van der Waals surface area contributed by atoms with E-state index in [1.807, 2.05) is 36.4 Å². The number of anilines is 1. The Bertz CT molecular complexity index is 359. The number of para-hydroxylation sites is 1. The normalized spacial score (nSPS) is 15.1. The summed E-state index contributed by atoms with van der Waals surface area (Å²) in [5, 5.41) is 2.86. The maximum atomic E-state index is 11.7. The van der Waals surface area contributed by atoms with Gasteiger partial charge in [0.1, 0.15) is 0 Å². The molecule has 0 saturated heterocycles. The lowest BCUT2D eigenvalue weighted by Crippen LogP contribution is -2.37. The summed E-state index contributed by atoms with van der Waals surface area (Å²) < 4.78 is 0. The molecule has 1 heterocycles. The molecular formula is C12H14N2O. The average Bonchev–Trinajstić information content (AvgIpc) is 2.31. The van der Waals surface area contributed by atoms with E-state index in [1.54, 1.807) is 4.90 Å². The zero-order chi connectivity index (χ0) is 10.5. The van der Waals surface area contributed by atoms with E-state index < -0.39 is 0 Å². The molecule has 3 nitrogen and oxygen atoms in total. The molecule has 0 radical (unpaired) electrons. The van der Waals surface area contributed by atoms with Gasteiger partial charge in [0.2, 0.25) is 0 Å². The first kappa shape index (κ1) is 9.77. The Balaban J connectivity index is 1.95. The fraction of sp³-hybridized carbons (Fsp3) is 0.250. The first-order valence-electron chi connectivity index (χ1n) is 5.12. The minimum atomic E-state index is -0.0226. The third kappa shape index (κ3) is 2.59. The van der Waals surface area contributed by atoms with Crippen LogP contribution in [0.2, 0.25) is 0 Å². The van der Waals surface area contributed by atoms with Crippen LogP contribution in [0.4, 0.5) is 10.5 Å². The summed E-state index contributed by atoms with van der Waals surface area (Å²) >= 11 is 0. The molecule has 0 spiro atoms. The molecule has 0 bridgehead atoms. The monoisotopic (exact) mass is 202 g/mol. The maximum absolute atomic E-state index is 11.7. The van der Waals surface area contributed by atoms with Crippen molar-refractivity contribution < 1.29 is 4.79 Å². The Morgan fingerprint density at radius 3 is 2.67 bits per heavy atom. The molecule has 78 valence electrons. The third-order valence-electron chi connectivity index (χ3n) is 2.37. The van der Waals surface area contributed by atoms with E-state index in [4.69, 9.17) is 0 Å². The van der Waals surface area contributed by atoms with E-state index in [1.165, 1.54) is 0 Å². The second kappa shape index (κ2) is 4.64. The molecule has 1 aliphatic rings. The molecule has 0 aromatic heterocycles. The highest BCUT2D eigenvalue weighted by Crippen LogP contribution is 2.08. The highest BCUT2D eigenvalue weighted by molar-refractivity contribution is 5.89. The van der Waals surface area contributed by atoms with Crippen molar-refractivity contribution in [2.24, 2.45) is 0 Å². The van der Waals surface area contributed by atoms with Crippen molar-refractivity contribution in [1.82, 2.24) is 4.90 Å². The lowest BCUT2D eigenvalue weighted by Gasteiger charge is -2.23. The van der Waals surface area contributed by atoms with Crippen LogP contribution in [-0.4, -0.2) is 24.0 Å². The minimum Gasteiger partial charge on any atom is -0.321 e. The number of carbonyl (C=O) groups is 1. The van der Waals surface area contributed by atoms with Crippen LogP contribution >= 0.6 is 0 Å². The van der Waals surface area contributed by atoms with Gasteiger partial charge in [0.25, 0.3) is 0 Å². The lowest BCUT2D eigenvalue weighted by atomic mass is 10.2. The molecule has 1 N–H and O–H groups in total. The van der Waals surface area contributed by atoms with Gasteiger partial charge < -0.3 is 10.2 Å². The van der Waals surface area contributed by atoms with E-state index in [0.717, 1.165) is 18.7 Å². The smallest absolute Gasteiger partial charge is 0.321 e. The number of amides is 2. The molecule has 1 aromatic carbocycles. The first-order chi connectivity index (χ1) is 7.36. The summed E-state index contributed by atoms with van der Waals surface area (Å²) in [5.41, 5.74) is 0.844. The number of hydrogen-bond acceptors (Lipinski definition) is 1. The van der Waals surface area contributed by atoms with Crippen LogP contribution in [0.5, 0.6) is 0 Å². The van der Waals surface area contributed by atoms with Crippen LogP contribution in [0.15, 0.2) is 42.5 Å². The molecule has 3 heteroatoms. The van der Waals surface area contributed by atoms with Crippen LogP contribution in [0.1, 0.15) is 6.42 Å². The molecule has 2 amide bonds. The van der Waals surface area contributed by atoms with Gasteiger partial charge in [-0.15, -0.1) is 0 Å². The van der Waals surface area contributed by atoms with Crippen molar-refractivity contribution in [2.75, 3.05) is 18.4 Å². The van der Waals surface area contributed by atoms with Crippen molar-refractivity contribution in [3.05, 3.63) is 42.5 Å². The molecule has 0 fully saturated rings. The molecule has 0 saturated carbocycles. The van der Waals surface area contributed by atoms with E-state index in [-0.39, 0.29) is 6.03 Å². The van der Waals surface area contributed by atoms with Gasteiger partial charge in [0.15, 0.2) is 0 Å². The van der Waals surface area contributed by atoms with E-state index in [2.05, 4.69) is 11.4 Å². The van der Waals surface area contributed by atoms with Crippen molar-refractivity contribution >= 4 is 11.7 Å². The third-order valence-corrected chi connectivity index (χ3v) is 2.37. The summed E-state index contributed by atoms with van der Waals surface area (Å²) in [6.45, 7) is 1.51. The second-order valence-corrected chi connectivity index (χ2v) is 3.50. The van der Waals surface area contributed by atoms with Gasteiger partial charge in [-0.2, -0.15) is 0 Å². The Kier molecular flexibility index (Phi) is 3.02. The van der Waals surface area contributed by atoms with Crippen LogP contribution in [0.3, 0.4) is 0 Å². The maximum Gasteiger partial charge on any atom is 0.322 e. The molecule has 2 rings (SSSR count). The van der Waals surface area contributed by atoms with E-state index in [0.29, 0.717) is 6.54 Å². The summed E-state index contributed by atoms with van der Waals surface area (Å²) in [5.74, 6) is 0. The minimum absolute atomic E-state index is 0.0226. The molecular weight excluding hydrogens is 188 g/mol. The number of hydrogen-bond donors (Lipinski definition) is 1. The summed E-state index contributed by atoms with van der Waals surface area (Å²) in [6.07, 6.45) is 5.07. The Labute approximate surface area is 89.4 Å². The first-order valence-corrected chi connectivity index (χ1v) is 5.12. The second-order valence-electron chi connectivity index (χ2n) is 3.50. The predicted molar refractivity (Wildman–Crippen MR) is 60.8 cm³/mol. The number of rotatable bonds is 1. The number of carbonyl (C=O) groups excluding carboxylic acids is 1. The number of urea groups is 1. The fourth-order valence-corrected chi connectivity index (χ4v) is 1.55. The summed E-state index contributed by atoms with van der Waals surface area (Å²) in [4.78, 5) is 13.5. The van der Waals surface area contributed by atoms with Crippen LogP contribution in [-0.2, 0) is 0 Å². The highest BCUT2D eigenvalue weighted by atomic mass is 16.2. The van der Waals surface area contributed by atoms with E-state index >= 15 is 0 Å². The molecule has 1 aliphatic heterocycles. The molecule has 15 heavy (non-hydrogen) atoms. The Morgan fingerprint density at radius 2 is 2.00 bits per heavy atom. The van der Waals surface area contributed by atoms with Crippen molar-refractivity contribution in [3.63, 3.8) is 0 Å². The highest BCUT2D eigenvalue weighted by Gasteiger charge is 2.12. The molecule has 0 unspecified atom stereocenters. The summed E-state index contributed by atoms with van der Waals surface area (Å²) in [7, 11) is 0. The Morgan fingerprint density at radius 1 is 1.20 bits per heavy atom. The zero-order valence-electron chi connectivity index (χ0n) is 8.52. The topological polar surface area (TPSA) is 32.3 Å². The van der Waals surface area contributed by atoms with Crippen LogP contribution in [0.25, 0.3) is 0 Å². The van der Waals surface area contributed by atoms with Crippen molar-refractivity contribution in [3.8, 4) is 0 Å². The number of nitrogens with zero attached hydrogens (tertiary/aromatic N) is 1. The number of nitrogens with one attached hydrogen (secondary N) is 1. The molecule has 1 aromatic rings. The molecule has 0 atom stereocenters. The van der Waals surface area contributed by atoms with Gasteiger partial charge >= 0.3 is 6.03 Å². The van der Waals surface area contributed by atoms with Gasteiger partial charge in [-0.1, -0.05) is 30.4 Å². The van der Waals surface area contributed by atoms with Crippen LogP contribution < -0.4 is 5.32 Å². The summed E-state index contributed by atoms with van der Waals surface area (Å²) in [6, 6.07) is 9.50. The lowest BCUT2D eigenvalue weighted by molar-refractivity contribution is 0.216. The van der Waals surface area contributed by atoms with Gasteiger partial charge in [-0.05, 0) is 18.6 Å². The number of benzene rings is 1. The fourth-order valence-electron chi connectivity index (χ4n) is 1.55. The van der Waals surface area contributed by atoms with Gasteiger partial charge in [0, 0.05) is 18.8 Å². The quantitative estimate of drug-likeness (QED) is 0.697. The Hall–Kier alpha value is -1.77. The van der Waals surface area contributed by atoms with Gasteiger partial charge in [-0.3, -0.25) is 0 Å². The molecule has 0 aliphatic carbocycles. The average molecular weight is 202 g/mol.